The molecule has 160 valence electrons. The summed E-state index contributed by atoms with van der Waals surface area (Å²) in [5.41, 5.74) is 1.63. The summed E-state index contributed by atoms with van der Waals surface area (Å²) >= 11 is 0. The molecule has 7 nitrogen and oxygen atoms in total. The Morgan fingerprint density at radius 2 is 1.35 bits per heavy atom. The van der Waals surface area contributed by atoms with Crippen LogP contribution in [0.15, 0.2) is 54.6 Å². The van der Waals surface area contributed by atoms with E-state index in [9.17, 15) is 19.2 Å². The van der Waals surface area contributed by atoms with Gasteiger partial charge >= 0.3 is 0 Å². The fourth-order valence-electron chi connectivity index (χ4n) is 4.20. The van der Waals surface area contributed by atoms with Crippen molar-refractivity contribution in [1.82, 2.24) is 14.7 Å². The molecule has 0 N–H and O–H groups in total. The Morgan fingerprint density at radius 1 is 0.806 bits per heavy atom. The number of fused-ring (bicyclic) bond motifs is 1. The lowest BCUT2D eigenvalue weighted by molar-refractivity contribution is -0.135. The summed E-state index contributed by atoms with van der Waals surface area (Å²) in [4.78, 5) is 55.7. The van der Waals surface area contributed by atoms with Crippen molar-refractivity contribution in [2.75, 3.05) is 26.2 Å². The second-order valence-electron chi connectivity index (χ2n) is 7.92. The molecule has 0 aromatic heterocycles. The Balaban J connectivity index is 1.39. The van der Waals surface area contributed by atoms with Gasteiger partial charge in [-0.3, -0.25) is 24.1 Å². The van der Waals surface area contributed by atoms with Crippen LogP contribution in [0.3, 0.4) is 0 Å². The molecule has 2 aliphatic heterocycles. The number of hydrogen-bond acceptors (Lipinski definition) is 4. The lowest BCUT2D eigenvalue weighted by atomic mass is 10.1. The summed E-state index contributed by atoms with van der Waals surface area (Å²) in [5, 5.41) is 0. The van der Waals surface area contributed by atoms with Crippen LogP contribution in [0.25, 0.3) is 0 Å². The number of benzene rings is 2. The third kappa shape index (κ3) is 4.08. The lowest BCUT2D eigenvalue weighted by Gasteiger charge is -2.28. The van der Waals surface area contributed by atoms with Crippen LogP contribution in [0.2, 0.25) is 0 Å². The highest BCUT2D eigenvalue weighted by Crippen LogP contribution is 2.25. The third-order valence-electron chi connectivity index (χ3n) is 5.93. The van der Waals surface area contributed by atoms with Gasteiger partial charge in [0.05, 0.1) is 17.5 Å². The summed E-state index contributed by atoms with van der Waals surface area (Å²) in [6.45, 7) is 3.48. The van der Waals surface area contributed by atoms with E-state index in [0.717, 1.165) is 10.5 Å². The SMILES string of the molecule is CC(C(=O)N1CCCN(C(=O)Cc2ccccc2)CC1)N1C(=O)c2ccccc2C1=O. The van der Waals surface area contributed by atoms with Crippen molar-refractivity contribution in [2.45, 2.75) is 25.8 Å². The van der Waals surface area contributed by atoms with Crippen LogP contribution < -0.4 is 0 Å². The molecule has 0 aliphatic carbocycles. The fraction of sp³-hybridized carbons (Fsp3) is 0.333. The van der Waals surface area contributed by atoms with Crippen LogP contribution in [0.5, 0.6) is 0 Å². The zero-order valence-electron chi connectivity index (χ0n) is 17.5. The van der Waals surface area contributed by atoms with Crippen LogP contribution in [-0.2, 0) is 16.0 Å². The molecule has 7 heteroatoms. The van der Waals surface area contributed by atoms with Gasteiger partial charge in [-0.25, -0.2) is 0 Å². The molecule has 0 saturated carbocycles. The molecular formula is C24H25N3O4. The maximum Gasteiger partial charge on any atom is 0.262 e. The van der Waals surface area contributed by atoms with E-state index in [1.54, 1.807) is 41.0 Å². The van der Waals surface area contributed by atoms with Gasteiger partial charge < -0.3 is 9.80 Å². The van der Waals surface area contributed by atoms with Crippen LogP contribution in [0.4, 0.5) is 0 Å². The molecule has 1 unspecified atom stereocenters. The van der Waals surface area contributed by atoms with E-state index < -0.39 is 17.9 Å². The number of carbonyl (C=O) groups excluding carboxylic acids is 4. The minimum atomic E-state index is -0.890. The summed E-state index contributed by atoms with van der Waals surface area (Å²) in [5.74, 6) is -1.10. The number of imide groups is 1. The summed E-state index contributed by atoms with van der Waals surface area (Å²) in [6, 6.07) is 15.3. The van der Waals surface area contributed by atoms with E-state index >= 15 is 0 Å². The van der Waals surface area contributed by atoms with Crippen LogP contribution in [0.1, 0.15) is 39.6 Å². The van der Waals surface area contributed by atoms with Gasteiger partial charge in [0.25, 0.3) is 11.8 Å². The van der Waals surface area contributed by atoms with Crippen molar-refractivity contribution in [3.05, 3.63) is 71.3 Å². The van der Waals surface area contributed by atoms with Crippen LogP contribution >= 0.6 is 0 Å². The van der Waals surface area contributed by atoms with Crippen molar-refractivity contribution < 1.29 is 19.2 Å². The first-order valence-electron chi connectivity index (χ1n) is 10.5. The smallest absolute Gasteiger partial charge is 0.262 e. The molecule has 4 amide bonds. The zero-order chi connectivity index (χ0) is 22.0. The van der Waals surface area contributed by atoms with E-state index in [1.807, 2.05) is 30.3 Å². The largest absolute Gasteiger partial charge is 0.341 e. The van der Waals surface area contributed by atoms with Crippen LogP contribution in [0, 0.1) is 0 Å². The van der Waals surface area contributed by atoms with Crippen molar-refractivity contribution in [1.29, 1.82) is 0 Å². The first-order chi connectivity index (χ1) is 15.0. The molecule has 31 heavy (non-hydrogen) atoms. The monoisotopic (exact) mass is 419 g/mol. The summed E-state index contributed by atoms with van der Waals surface area (Å²) in [6.07, 6.45) is 0.987. The molecular weight excluding hydrogens is 394 g/mol. The Labute approximate surface area is 181 Å². The Morgan fingerprint density at radius 3 is 2.00 bits per heavy atom. The molecule has 0 bridgehead atoms. The van der Waals surface area contributed by atoms with Crippen molar-refractivity contribution in [3.63, 3.8) is 0 Å². The molecule has 0 spiro atoms. The van der Waals surface area contributed by atoms with Gasteiger partial charge in [-0.2, -0.15) is 0 Å². The van der Waals surface area contributed by atoms with Gasteiger partial charge in [-0.15, -0.1) is 0 Å². The number of rotatable bonds is 4. The van der Waals surface area contributed by atoms with Crippen molar-refractivity contribution in [3.8, 4) is 0 Å². The lowest BCUT2D eigenvalue weighted by Crippen LogP contribution is -2.50. The van der Waals surface area contributed by atoms with Gasteiger partial charge in [-0.05, 0) is 31.0 Å². The Bertz CT molecular complexity index is 985. The highest BCUT2D eigenvalue weighted by atomic mass is 16.2. The first-order valence-corrected chi connectivity index (χ1v) is 10.5. The highest BCUT2D eigenvalue weighted by Gasteiger charge is 2.41. The molecule has 2 heterocycles. The zero-order valence-corrected chi connectivity index (χ0v) is 17.5. The minimum Gasteiger partial charge on any atom is -0.341 e. The van der Waals surface area contributed by atoms with Gasteiger partial charge in [-0.1, -0.05) is 42.5 Å². The molecule has 1 atom stereocenters. The third-order valence-corrected chi connectivity index (χ3v) is 5.93. The quantitative estimate of drug-likeness (QED) is 0.710. The Hall–Kier alpha value is -3.48. The number of carbonyl (C=O) groups is 4. The normalized spacial score (nSPS) is 17.4. The maximum absolute atomic E-state index is 13.1. The highest BCUT2D eigenvalue weighted by molar-refractivity contribution is 6.22. The number of amides is 4. The number of hydrogen-bond donors (Lipinski definition) is 0. The van der Waals surface area contributed by atoms with E-state index in [2.05, 4.69) is 0 Å². The molecule has 1 fully saturated rings. The Kier molecular flexibility index (Phi) is 5.84. The van der Waals surface area contributed by atoms with Crippen molar-refractivity contribution in [2.24, 2.45) is 0 Å². The minimum absolute atomic E-state index is 0.0360. The second kappa shape index (κ2) is 8.71. The average molecular weight is 419 g/mol. The van der Waals surface area contributed by atoms with E-state index in [4.69, 9.17) is 0 Å². The summed E-state index contributed by atoms with van der Waals surface area (Å²) < 4.78 is 0. The molecule has 2 aliphatic rings. The second-order valence-corrected chi connectivity index (χ2v) is 7.92. The average Bonchev–Trinajstić information content (AvgIpc) is 2.94. The predicted molar refractivity (Wildman–Crippen MR) is 114 cm³/mol. The van der Waals surface area contributed by atoms with E-state index in [-0.39, 0.29) is 11.8 Å². The molecule has 0 radical (unpaired) electrons. The predicted octanol–water partition coefficient (Wildman–Crippen LogP) is 1.97. The van der Waals surface area contributed by atoms with Crippen LogP contribution in [-0.4, -0.2) is 70.5 Å². The van der Waals surface area contributed by atoms with Gasteiger partial charge in [0.1, 0.15) is 6.04 Å². The molecule has 2 aromatic rings. The summed E-state index contributed by atoms with van der Waals surface area (Å²) in [7, 11) is 0. The molecule has 4 rings (SSSR count). The maximum atomic E-state index is 13.1. The molecule has 2 aromatic carbocycles. The van der Waals surface area contributed by atoms with Crippen molar-refractivity contribution >= 4 is 23.6 Å². The van der Waals surface area contributed by atoms with E-state index in [0.29, 0.717) is 50.1 Å². The van der Waals surface area contributed by atoms with Gasteiger partial charge in [0.15, 0.2) is 0 Å². The molecule has 1 saturated heterocycles. The van der Waals surface area contributed by atoms with Gasteiger partial charge in [0.2, 0.25) is 11.8 Å². The standard InChI is InChI=1S/C24H25N3O4/c1-17(27-23(30)19-10-5-6-11-20(19)24(27)31)22(29)26-13-7-12-25(14-15-26)21(28)16-18-8-3-2-4-9-18/h2-6,8-11,17H,7,12-16H2,1H3. The first kappa shape index (κ1) is 20.8. The van der Waals surface area contributed by atoms with E-state index in [1.165, 1.54) is 0 Å². The topological polar surface area (TPSA) is 78.0 Å². The number of nitrogens with zero attached hydrogens (tertiary/aromatic N) is 3. The fourth-order valence-corrected chi connectivity index (χ4v) is 4.20. The van der Waals surface area contributed by atoms with Gasteiger partial charge in [0, 0.05) is 26.2 Å².